The SMILES string of the molecule is Cc1nc(NC(C)Cc2ccccc2)ncc1C(=O)O. The number of rotatable bonds is 5. The van der Waals surface area contributed by atoms with Crippen molar-refractivity contribution in [2.45, 2.75) is 26.3 Å². The maximum Gasteiger partial charge on any atom is 0.339 e. The minimum atomic E-state index is -1.01. The number of carboxylic acid groups (broad SMARTS) is 1. The molecule has 0 aliphatic heterocycles. The molecule has 0 radical (unpaired) electrons. The van der Waals surface area contributed by atoms with Gasteiger partial charge in [-0.1, -0.05) is 30.3 Å². The molecule has 0 fully saturated rings. The molecule has 1 aromatic heterocycles. The van der Waals surface area contributed by atoms with Gasteiger partial charge in [0.25, 0.3) is 0 Å². The lowest BCUT2D eigenvalue weighted by molar-refractivity contribution is 0.0695. The van der Waals surface area contributed by atoms with E-state index in [1.165, 1.54) is 11.8 Å². The van der Waals surface area contributed by atoms with E-state index in [1.54, 1.807) is 6.92 Å². The summed E-state index contributed by atoms with van der Waals surface area (Å²) >= 11 is 0. The summed E-state index contributed by atoms with van der Waals surface area (Å²) in [6.07, 6.45) is 2.19. The molecule has 0 spiro atoms. The van der Waals surface area contributed by atoms with E-state index in [9.17, 15) is 4.79 Å². The third-order valence-corrected chi connectivity index (χ3v) is 2.97. The zero-order chi connectivity index (χ0) is 14.5. The van der Waals surface area contributed by atoms with Crippen molar-refractivity contribution in [2.24, 2.45) is 0 Å². The van der Waals surface area contributed by atoms with Crippen LogP contribution in [0.2, 0.25) is 0 Å². The van der Waals surface area contributed by atoms with Crippen LogP contribution in [0.25, 0.3) is 0 Å². The van der Waals surface area contributed by atoms with Crippen molar-refractivity contribution in [3.05, 3.63) is 53.3 Å². The lowest BCUT2D eigenvalue weighted by atomic mass is 10.1. The Kier molecular flexibility index (Phi) is 4.30. The number of hydrogen-bond donors (Lipinski definition) is 2. The first kappa shape index (κ1) is 14.0. The van der Waals surface area contributed by atoms with Crippen LogP contribution in [-0.4, -0.2) is 27.1 Å². The van der Waals surface area contributed by atoms with E-state index >= 15 is 0 Å². The molecule has 1 atom stereocenters. The maximum absolute atomic E-state index is 10.9. The van der Waals surface area contributed by atoms with Gasteiger partial charge in [-0.3, -0.25) is 0 Å². The van der Waals surface area contributed by atoms with Crippen LogP contribution < -0.4 is 5.32 Å². The highest BCUT2D eigenvalue weighted by Gasteiger charge is 2.11. The number of hydrogen-bond acceptors (Lipinski definition) is 4. The van der Waals surface area contributed by atoms with Crippen molar-refractivity contribution < 1.29 is 9.90 Å². The summed E-state index contributed by atoms with van der Waals surface area (Å²) in [5, 5.41) is 12.1. The van der Waals surface area contributed by atoms with Crippen molar-refractivity contribution in [1.82, 2.24) is 9.97 Å². The zero-order valence-electron chi connectivity index (χ0n) is 11.5. The fraction of sp³-hybridized carbons (Fsp3) is 0.267. The van der Waals surface area contributed by atoms with E-state index < -0.39 is 5.97 Å². The van der Waals surface area contributed by atoms with Crippen molar-refractivity contribution in [3.8, 4) is 0 Å². The molecular formula is C15H17N3O2. The summed E-state index contributed by atoms with van der Waals surface area (Å²) in [6, 6.07) is 10.3. The Bertz CT molecular complexity index is 599. The molecule has 104 valence electrons. The highest BCUT2D eigenvalue weighted by atomic mass is 16.4. The molecular weight excluding hydrogens is 254 g/mol. The van der Waals surface area contributed by atoms with Crippen molar-refractivity contribution >= 4 is 11.9 Å². The summed E-state index contributed by atoms with van der Waals surface area (Å²) in [7, 11) is 0. The summed E-state index contributed by atoms with van der Waals surface area (Å²) in [5.74, 6) is -0.553. The van der Waals surface area contributed by atoms with E-state index in [2.05, 4.69) is 27.4 Å². The summed E-state index contributed by atoms with van der Waals surface area (Å²) in [5.41, 5.74) is 1.82. The lowest BCUT2D eigenvalue weighted by Crippen LogP contribution is -2.20. The molecule has 0 amide bonds. The second-order valence-corrected chi connectivity index (χ2v) is 4.73. The number of carboxylic acids is 1. The Hall–Kier alpha value is -2.43. The van der Waals surface area contributed by atoms with Gasteiger partial charge in [0.1, 0.15) is 0 Å². The fourth-order valence-corrected chi connectivity index (χ4v) is 1.99. The number of aryl methyl sites for hydroxylation is 1. The first-order valence-corrected chi connectivity index (χ1v) is 6.43. The summed E-state index contributed by atoms with van der Waals surface area (Å²) < 4.78 is 0. The van der Waals surface area contributed by atoms with Gasteiger partial charge in [0.15, 0.2) is 0 Å². The van der Waals surface area contributed by atoms with E-state index in [4.69, 9.17) is 5.11 Å². The number of carbonyl (C=O) groups is 1. The highest BCUT2D eigenvalue weighted by Crippen LogP contribution is 2.10. The van der Waals surface area contributed by atoms with E-state index in [0.29, 0.717) is 11.6 Å². The molecule has 1 unspecified atom stereocenters. The topological polar surface area (TPSA) is 75.1 Å². The van der Waals surface area contributed by atoms with Crippen LogP contribution in [-0.2, 0) is 6.42 Å². The van der Waals surface area contributed by atoms with Gasteiger partial charge in [-0.2, -0.15) is 0 Å². The maximum atomic E-state index is 10.9. The molecule has 5 heteroatoms. The van der Waals surface area contributed by atoms with Crippen LogP contribution in [0.1, 0.15) is 28.5 Å². The lowest BCUT2D eigenvalue weighted by Gasteiger charge is -2.14. The predicted octanol–water partition coefficient (Wildman–Crippen LogP) is 2.53. The Balaban J connectivity index is 2.03. The number of nitrogens with zero attached hydrogens (tertiary/aromatic N) is 2. The molecule has 1 heterocycles. The van der Waals surface area contributed by atoms with Crippen molar-refractivity contribution in [3.63, 3.8) is 0 Å². The Morgan fingerprint density at radius 3 is 2.65 bits per heavy atom. The van der Waals surface area contributed by atoms with E-state index in [0.717, 1.165) is 6.42 Å². The minimum Gasteiger partial charge on any atom is -0.478 e. The number of benzene rings is 1. The molecule has 0 aliphatic rings. The second kappa shape index (κ2) is 6.14. The molecule has 0 saturated carbocycles. The molecule has 2 rings (SSSR count). The van der Waals surface area contributed by atoms with Crippen LogP contribution in [0.4, 0.5) is 5.95 Å². The van der Waals surface area contributed by atoms with E-state index in [-0.39, 0.29) is 11.6 Å². The van der Waals surface area contributed by atoms with E-state index in [1.807, 2.05) is 25.1 Å². The van der Waals surface area contributed by atoms with Crippen molar-refractivity contribution in [1.29, 1.82) is 0 Å². The molecule has 0 aliphatic carbocycles. The first-order chi connectivity index (χ1) is 9.56. The van der Waals surface area contributed by atoms with Crippen LogP contribution in [0.3, 0.4) is 0 Å². The third-order valence-electron chi connectivity index (χ3n) is 2.97. The molecule has 2 aromatic rings. The molecule has 0 saturated heterocycles. The average molecular weight is 271 g/mol. The number of aromatic nitrogens is 2. The monoisotopic (exact) mass is 271 g/mol. The van der Waals surface area contributed by atoms with Gasteiger partial charge in [0.2, 0.25) is 5.95 Å². The van der Waals surface area contributed by atoms with Crippen LogP contribution in [0, 0.1) is 6.92 Å². The molecule has 1 aromatic carbocycles. The largest absolute Gasteiger partial charge is 0.478 e. The Morgan fingerprint density at radius 2 is 2.05 bits per heavy atom. The molecule has 2 N–H and O–H groups in total. The zero-order valence-corrected chi connectivity index (χ0v) is 11.5. The summed E-state index contributed by atoms with van der Waals surface area (Å²) in [4.78, 5) is 19.1. The molecule has 0 bridgehead atoms. The standard InChI is InChI=1S/C15H17N3O2/c1-10(8-12-6-4-3-5-7-12)17-15-16-9-13(14(19)20)11(2)18-15/h3-7,9-10H,8H2,1-2H3,(H,19,20)(H,16,17,18). The third kappa shape index (κ3) is 3.54. The van der Waals surface area contributed by atoms with Crippen molar-refractivity contribution in [2.75, 3.05) is 5.32 Å². The second-order valence-electron chi connectivity index (χ2n) is 4.73. The quantitative estimate of drug-likeness (QED) is 0.874. The molecule has 20 heavy (non-hydrogen) atoms. The van der Waals surface area contributed by atoms with Gasteiger partial charge < -0.3 is 10.4 Å². The fourth-order valence-electron chi connectivity index (χ4n) is 1.99. The van der Waals surface area contributed by atoms with Crippen LogP contribution in [0.5, 0.6) is 0 Å². The van der Waals surface area contributed by atoms with Gasteiger partial charge in [-0.25, -0.2) is 14.8 Å². The van der Waals surface area contributed by atoms with Gasteiger partial charge in [-0.05, 0) is 25.8 Å². The predicted molar refractivity (Wildman–Crippen MR) is 77.0 cm³/mol. The smallest absolute Gasteiger partial charge is 0.339 e. The number of aromatic carboxylic acids is 1. The summed E-state index contributed by atoms with van der Waals surface area (Å²) in [6.45, 7) is 3.70. The first-order valence-electron chi connectivity index (χ1n) is 6.43. The van der Waals surface area contributed by atoms with Gasteiger partial charge >= 0.3 is 5.97 Å². The number of anilines is 1. The van der Waals surface area contributed by atoms with Gasteiger partial charge in [0, 0.05) is 12.2 Å². The van der Waals surface area contributed by atoms with Crippen LogP contribution >= 0.6 is 0 Å². The Morgan fingerprint density at radius 1 is 1.35 bits per heavy atom. The van der Waals surface area contributed by atoms with Gasteiger partial charge in [0.05, 0.1) is 11.3 Å². The number of nitrogens with one attached hydrogen (secondary N) is 1. The van der Waals surface area contributed by atoms with Gasteiger partial charge in [-0.15, -0.1) is 0 Å². The highest BCUT2D eigenvalue weighted by molar-refractivity contribution is 5.88. The normalized spacial score (nSPS) is 11.9. The minimum absolute atomic E-state index is 0.131. The molecule has 5 nitrogen and oxygen atoms in total. The Labute approximate surface area is 117 Å². The van der Waals surface area contributed by atoms with Crippen LogP contribution in [0.15, 0.2) is 36.5 Å². The average Bonchev–Trinajstić information content (AvgIpc) is 2.39.